The van der Waals surface area contributed by atoms with Gasteiger partial charge in [-0.15, -0.1) is 11.3 Å². The summed E-state index contributed by atoms with van der Waals surface area (Å²) < 4.78 is 5.45. The van der Waals surface area contributed by atoms with Crippen molar-refractivity contribution in [1.82, 2.24) is 9.88 Å². The molecule has 0 aliphatic rings. The van der Waals surface area contributed by atoms with Crippen LogP contribution in [-0.4, -0.2) is 42.0 Å². The first-order valence-electron chi connectivity index (χ1n) is 8.62. The highest BCUT2D eigenvalue weighted by Crippen LogP contribution is 2.26. The number of hydrogen-bond acceptors (Lipinski definition) is 5. The Morgan fingerprint density at radius 2 is 2.00 bits per heavy atom. The topological polar surface area (TPSA) is 68.5 Å². The number of rotatable bonds is 8. The molecule has 0 bridgehead atoms. The maximum Gasteiger partial charge on any atom is 0.273 e. The van der Waals surface area contributed by atoms with E-state index in [1.165, 1.54) is 11.3 Å². The molecule has 0 radical (unpaired) electrons. The molecule has 136 valence electrons. The van der Waals surface area contributed by atoms with Crippen molar-refractivity contribution in [3.8, 4) is 16.3 Å². The monoisotopic (exact) mass is 361 g/mol. The second-order valence-corrected chi connectivity index (χ2v) is 7.28. The quantitative estimate of drug-likeness (QED) is 0.779. The number of nitrogens with two attached hydrogens (primary N) is 1. The first-order chi connectivity index (χ1) is 11.9. The van der Waals surface area contributed by atoms with Crippen LogP contribution in [0.3, 0.4) is 0 Å². The van der Waals surface area contributed by atoms with Crippen LogP contribution in [-0.2, 0) is 0 Å². The summed E-state index contributed by atoms with van der Waals surface area (Å²) in [5.74, 6) is 1.18. The molecule has 1 aromatic carbocycles. The van der Waals surface area contributed by atoms with Crippen LogP contribution in [0.15, 0.2) is 29.6 Å². The van der Waals surface area contributed by atoms with Gasteiger partial charge in [0.05, 0.1) is 6.61 Å². The second-order valence-electron chi connectivity index (χ2n) is 6.42. The van der Waals surface area contributed by atoms with Crippen molar-refractivity contribution in [2.45, 2.75) is 33.2 Å². The van der Waals surface area contributed by atoms with Crippen molar-refractivity contribution in [3.05, 3.63) is 35.3 Å². The highest BCUT2D eigenvalue weighted by Gasteiger charge is 2.17. The van der Waals surface area contributed by atoms with Crippen LogP contribution in [0, 0.1) is 5.92 Å². The van der Waals surface area contributed by atoms with Gasteiger partial charge in [0.25, 0.3) is 5.91 Å². The number of carbonyl (C=O) groups excluding carboxylic acids is 1. The lowest BCUT2D eigenvalue weighted by Gasteiger charge is -2.20. The van der Waals surface area contributed by atoms with Crippen LogP contribution in [0.5, 0.6) is 5.75 Å². The van der Waals surface area contributed by atoms with E-state index in [2.05, 4.69) is 18.8 Å². The van der Waals surface area contributed by atoms with Gasteiger partial charge in [0.15, 0.2) is 0 Å². The Bertz CT molecular complexity index is 682. The minimum atomic E-state index is -0.0654. The average Bonchev–Trinajstić information content (AvgIpc) is 3.09. The zero-order valence-corrected chi connectivity index (χ0v) is 16.2. The van der Waals surface area contributed by atoms with E-state index in [0.717, 1.165) is 22.7 Å². The molecule has 2 N–H and O–H groups in total. The maximum atomic E-state index is 12.5. The molecule has 6 heteroatoms. The Kier molecular flexibility index (Phi) is 6.96. The predicted octanol–water partition coefficient (Wildman–Crippen LogP) is 3.65. The Morgan fingerprint density at radius 1 is 1.32 bits per heavy atom. The van der Waals surface area contributed by atoms with Gasteiger partial charge in [0, 0.05) is 30.6 Å². The van der Waals surface area contributed by atoms with Crippen LogP contribution in [0.1, 0.15) is 37.7 Å². The van der Waals surface area contributed by atoms with Crippen molar-refractivity contribution < 1.29 is 9.53 Å². The molecule has 1 heterocycles. The molecule has 0 saturated carbocycles. The van der Waals surface area contributed by atoms with Gasteiger partial charge in [-0.3, -0.25) is 4.79 Å². The van der Waals surface area contributed by atoms with Crippen molar-refractivity contribution in [2.75, 3.05) is 20.2 Å². The number of amides is 1. The van der Waals surface area contributed by atoms with Crippen molar-refractivity contribution in [3.63, 3.8) is 0 Å². The van der Waals surface area contributed by atoms with Gasteiger partial charge >= 0.3 is 0 Å². The fraction of sp³-hybridized carbons (Fsp3) is 0.474. The van der Waals surface area contributed by atoms with E-state index in [4.69, 9.17) is 10.5 Å². The van der Waals surface area contributed by atoms with Gasteiger partial charge in [-0.2, -0.15) is 0 Å². The Morgan fingerprint density at radius 3 is 2.60 bits per heavy atom. The first kappa shape index (κ1) is 19.4. The minimum Gasteiger partial charge on any atom is -0.494 e. The lowest BCUT2D eigenvalue weighted by atomic mass is 10.0. The van der Waals surface area contributed by atoms with Crippen LogP contribution >= 0.6 is 11.3 Å². The standard InChI is InChI=1S/C19H27N3O2S/c1-5-24-15-8-6-14(7-9-15)18-21-17(12-25-18)19(23)22(4)11-10-16(20)13(2)3/h6-9,12-13,16H,5,10-11,20H2,1-4H3. The molecule has 0 aliphatic carbocycles. The summed E-state index contributed by atoms with van der Waals surface area (Å²) in [6.45, 7) is 7.42. The number of nitrogens with zero attached hydrogens (tertiary/aromatic N) is 2. The smallest absolute Gasteiger partial charge is 0.273 e. The number of aromatic nitrogens is 1. The third kappa shape index (κ3) is 5.28. The van der Waals surface area contributed by atoms with Crippen LogP contribution < -0.4 is 10.5 Å². The zero-order chi connectivity index (χ0) is 18.4. The van der Waals surface area contributed by atoms with Crippen molar-refractivity contribution in [2.24, 2.45) is 11.7 Å². The molecular weight excluding hydrogens is 334 g/mol. The lowest BCUT2D eigenvalue weighted by Crippen LogP contribution is -2.34. The van der Waals surface area contributed by atoms with E-state index in [0.29, 0.717) is 24.8 Å². The number of hydrogen-bond donors (Lipinski definition) is 1. The van der Waals surface area contributed by atoms with Gasteiger partial charge in [0.2, 0.25) is 0 Å². The summed E-state index contributed by atoms with van der Waals surface area (Å²) in [6.07, 6.45) is 0.787. The summed E-state index contributed by atoms with van der Waals surface area (Å²) in [4.78, 5) is 18.7. The van der Waals surface area contributed by atoms with Gasteiger partial charge in [-0.25, -0.2) is 4.98 Å². The highest BCUT2D eigenvalue weighted by molar-refractivity contribution is 7.13. The molecule has 25 heavy (non-hydrogen) atoms. The highest BCUT2D eigenvalue weighted by atomic mass is 32.1. The molecule has 0 saturated heterocycles. The number of carbonyl (C=O) groups is 1. The molecule has 2 aromatic rings. The molecule has 2 rings (SSSR count). The van der Waals surface area contributed by atoms with E-state index < -0.39 is 0 Å². The number of thiazole rings is 1. The van der Waals surface area contributed by atoms with E-state index in [-0.39, 0.29) is 11.9 Å². The van der Waals surface area contributed by atoms with Gasteiger partial charge in [-0.05, 0) is 43.5 Å². The van der Waals surface area contributed by atoms with E-state index in [1.807, 2.05) is 36.6 Å². The molecule has 0 fully saturated rings. The van der Waals surface area contributed by atoms with E-state index >= 15 is 0 Å². The zero-order valence-electron chi connectivity index (χ0n) is 15.4. The van der Waals surface area contributed by atoms with Crippen LogP contribution in [0.4, 0.5) is 0 Å². The first-order valence-corrected chi connectivity index (χ1v) is 9.50. The summed E-state index contributed by atoms with van der Waals surface area (Å²) >= 11 is 1.47. The van der Waals surface area contributed by atoms with Crippen LogP contribution in [0.2, 0.25) is 0 Å². The molecule has 1 atom stereocenters. The third-order valence-corrected chi connectivity index (χ3v) is 5.03. The second kappa shape index (κ2) is 8.97. The normalized spacial score (nSPS) is 12.2. The fourth-order valence-corrected chi connectivity index (χ4v) is 3.14. The minimum absolute atomic E-state index is 0.0654. The van der Waals surface area contributed by atoms with E-state index in [9.17, 15) is 4.79 Å². The van der Waals surface area contributed by atoms with Gasteiger partial charge < -0.3 is 15.4 Å². The Labute approximate surface area is 153 Å². The lowest BCUT2D eigenvalue weighted by molar-refractivity contribution is 0.0784. The summed E-state index contributed by atoms with van der Waals surface area (Å²) in [5, 5.41) is 2.64. The molecule has 5 nitrogen and oxygen atoms in total. The average molecular weight is 362 g/mol. The molecule has 1 aromatic heterocycles. The third-order valence-electron chi connectivity index (χ3n) is 4.14. The fourth-order valence-electron chi connectivity index (χ4n) is 2.34. The summed E-state index contributed by atoms with van der Waals surface area (Å²) in [5.41, 5.74) is 7.52. The Hall–Kier alpha value is -1.92. The number of benzene rings is 1. The molecular formula is C19H27N3O2S. The number of ether oxygens (including phenoxy) is 1. The molecule has 1 amide bonds. The predicted molar refractivity (Wildman–Crippen MR) is 103 cm³/mol. The van der Waals surface area contributed by atoms with Crippen molar-refractivity contribution in [1.29, 1.82) is 0 Å². The SMILES string of the molecule is CCOc1ccc(-c2nc(C(=O)N(C)CCC(N)C(C)C)cs2)cc1. The summed E-state index contributed by atoms with van der Waals surface area (Å²) in [6, 6.07) is 7.86. The van der Waals surface area contributed by atoms with Crippen LogP contribution in [0.25, 0.3) is 10.6 Å². The van der Waals surface area contributed by atoms with Crippen molar-refractivity contribution >= 4 is 17.2 Å². The molecule has 0 aliphatic heterocycles. The maximum absolute atomic E-state index is 12.5. The van der Waals surface area contributed by atoms with Gasteiger partial charge in [-0.1, -0.05) is 13.8 Å². The van der Waals surface area contributed by atoms with E-state index in [1.54, 1.807) is 11.9 Å². The Balaban J connectivity index is 2.00. The molecule has 1 unspecified atom stereocenters. The summed E-state index contributed by atoms with van der Waals surface area (Å²) in [7, 11) is 1.80. The van der Waals surface area contributed by atoms with Gasteiger partial charge in [0.1, 0.15) is 16.5 Å². The largest absolute Gasteiger partial charge is 0.494 e. The molecule has 0 spiro atoms.